The first-order valence-electron chi connectivity index (χ1n) is 10.1. The summed E-state index contributed by atoms with van der Waals surface area (Å²) in [5.41, 5.74) is 4.19. The second-order valence-corrected chi connectivity index (χ2v) is 7.50. The topological polar surface area (TPSA) is 61.6 Å². The van der Waals surface area contributed by atoms with E-state index in [1.165, 1.54) is 0 Å². The third-order valence-corrected chi connectivity index (χ3v) is 5.42. The van der Waals surface area contributed by atoms with Crippen LogP contribution in [0.25, 0.3) is 21.7 Å². The maximum Gasteiger partial charge on any atom is 0.196 e. The van der Waals surface area contributed by atoms with Gasteiger partial charge in [0.05, 0.1) is 25.9 Å². The fourth-order valence-electron chi connectivity index (χ4n) is 3.87. The maximum atomic E-state index is 13.1. The molecule has 4 aromatic rings. The number of hydrogen-bond acceptors (Lipinski definition) is 5. The van der Waals surface area contributed by atoms with E-state index in [1.54, 1.807) is 20.5 Å². The van der Waals surface area contributed by atoms with Gasteiger partial charge in [-0.15, -0.1) is 12.4 Å². The Kier molecular flexibility index (Phi) is 6.86. The number of aromatic nitrogens is 1. The zero-order valence-corrected chi connectivity index (χ0v) is 19.0. The maximum absolute atomic E-state index is 13.1. The first kappa shape index (κ1) is 22.6. The lowest BCUT2D eigenvalue weighted by Gasteiger charge is -2.14. The van der Waals surface area contributed by atoms with E-state index < -0.39 is 0 Å². The van der Waals surface area contributed by atoms with Crippen molar-refractivity contribution in [1.29, 1.82) is 0 Å². The molecule has 0 atom stereocenters. The van der Waals surface area contributed by atoms with Gasteiger partial charge in [-0.3, -0.25) is 9.78 Å². The summed E-state index contributed by atoms with van der Waals surface area (Å²) in [7, 11) is 3.25. The number of fused-ring (bicyclic) bond motifs is 2. The quantitative estimate of drug-likeness (QED) is 0.389. The Morgan fingerprint density at radius 3 is 2.35 bits per heavy atom. The van der Waals surface area contributed by atoms with Gasteiger partial charge in [-0.25, -0.2) is 0 Å². The summed E-state index contributed by atoms with van der Waals surface area (Å²) >= 11 is 0. The minimum atomic E-state index is -0.00814. The monoisotopic (exact) mass is 439 g/mol. The second-order valence-electron chi connectivity index (χ2n) is 7.50. The molecule has 0 aliphatic heterocycles. The fourth-order valence-corrected chi connectivity index (χ4v) is 3.87. The Hall–Kier alpha value is -3.05. The van der Waals surface area contributed by atoms with E-state index in [9.17, 15) is 4.79 Å². The third kappa shape index (κ3) is 4.23. The Balaban J connectivity index is 0.00000272. The molecule has 0 N–H and O–H groups in total. The molecular weight excluding hydrogens is 414 g/mol. The number of pyridine rings is 1. The Morgan fingerprint density at radius 2 is 1.68 bits per heavy atom. The number of rotatable bonds is 6. The van der Waals surface area contributed by atoms with Gasteiger partial charge in [-0.1, -0.05) is 25.0 Å². The molecule has 5 nitrogen and oxygen atoms in total. The molecule has 0 saturated carbocycles. The number of aryl methyl sites for hydroxylation is 2. The molecule has 0 spiro atoms. The molecule has 2 aromatic heterocycles. The van der Waals surface area contributed by atoms with Crippen molar-refractivity contribution >= 4 is 34.1 Å². The van der Waals surface area contributed by atoms with E-state index in [4.69, 9.17) is 18.9 Å². The lowest BCUT2D eigenvalue weighted by molar-refractivity contribution is 0.356. The van der Waals surface area contributed by atoms with Gasteiger partial charge in [-0.2, -0.15) is 0 Å². The van der Waals surface area contributed by atoms with Crippen LogP contribution in [0.3, 0.4) is 0 Å². The number of halogens is 1. The largest absolute Gasteiger partial charge is 0.493 e. The van der Waals surface area contributed by atoms with Crippen molar-refractivity contribution in [2.24, 2.45) is 0 Å². The van der Waals surface area contributed by atoms with E-state index in [0.29, 0.717) is 34.5 Å². The highest BCUT2D eigenvalue weighted by Gasteiger charge is 2.15. The first-order valence-corrected chi connectivity index (χ1v) is 10.1. The van der Waals surface area contributed by atoms with E-state index >= 15 is 0 Å². The van der Waals surface area contributed by atoms with Crippen LogP contribution in [-0.4, -0.2) is 19.2 Å². The van der Waals surface area contributed by atoms with Gasteiger partial charge < -0.3 is 13.9 Å². The highest BCUT2D eigenvalue weighted by atomic mass is 35.5. The van der Waals surface area contributed by atoms with Crippen molar-refractivity contribution in [3.8, 4) is 11.5 Å². The van der Waals surface area contributed by atoms with Crippen LogP contribution in [0.5, 0.6) is 11.5 Å². The molecule has 0 unspecified atom stereocenters. The third-order valence-electron chi connectivity index (χ3n) is 5.42. The van der Waals surface area contributed by atoms with Crippen LogP contribution in [0.1, 0.15) is 35.7 Å². The second kappa shape index (κ2) is 9.40. The molecule has 31 heavy (non-hydrogen) atoms. The summed E-state index contributed by atoms with van der Waals surface area (Å²) in [4.78, 5) is 17.8. The summed E-state index contributed by atoms with van der Waals surface area (Å²) in [6.07, 6.45) is 5.70. The zero-order valence-electron chi connectivity index (χ0n) is 18.2. The van der Waals surface area contributed by atoms with Crippen LogP contribution in [0.15, 0.2) is 52.0 Å². The summed E-state index contributed by atoms with van der Waals surface area (Å²) in [6, 6.07) is 9.59. The van der Waals surface area contributed by atoms with Gasteiger partial charge in [0.1, 0.15) is 5.58 Å². The number of nitrogens with zero attached hydrogens (tertiary/aromatic N) is 1. The molecule has 0 aliphatic carbocycles. The average Bonchev–Trinajstić information content (AvgIpc) is 2.76. The van der Waals surface area contributed by atoms with Gasteiger partial charge in [-0.05, 0) is 48.6 Å². The molecule has 162 valence electrons. The molecule has 0 amide bonds. The minimum absolute atomic E-state index is 0. The van der Waals surface area contributed by atoms with E-state index in [2.05, 4.69) is 6.92 Å². The molecule has 0 bridgehead atoms. The summed E-state index contributed by atoms with van der Waals surface area (Å²) in [5.74, 6) is 1.32. The van der Waals surface area contributed by atoms with Crippen LogP contribution in [0.4, 0.5) is 0 Å². The number of hydrogen-bond donors (Lipinski definition) is 0. The highest BCUT2D eigenvalue weighted by molar-refractivity contribution is 5.91. The molecular formula is C25H26ClNO4. The van der Waals surface area contributed by atoms with Gasteiger partial charge in [0.25, 0.3) is 0 Å². The number of ether oxygens (including phenoxy) is 2. The fraction of sp³-hybridized carbons (Fsp3) is 0.280. The van der Waals surface area contributed by atoms with Crippen molar-refractivity contribution < 1.29 is 13.9 Å². The molecule has 2 heterocycles. The summed E-state index contributed by atoms with van der Waals surface area (Å²) in [5, 5.41) is 2.63. The van der Waals surface area contributed by atoms with Crippen molar-refractivity contribution in [3.63, 3.8) is 0 Å². The minimum Gasteiger partial charge on any atom is -0.493 e. The Morgan fingerprint density at radius 1 is 0.968 bits per heavy atom. The summed E-state index contributed by atoms with van der Waals surface area (Å²) in [6.45, 7) is 4.10. The van der Waals surface area contributed by atoms with Gasteiger partial charge >= 0.3 is 0 Å². The molecule has 0 aliphatic rings. The standard InChI is InChI=1S/C25H25NO4.ClH/c1-5-6-21-19-12-24(29-4)23(28-3)11-18(19)16(13-26-21)10-17-14-30-22-8-7-15(2)9-20(22)25(17)27;/h7-9,11-14H,5-6,10H2,1-4H3;1H. The molecule has 0 fully saturated rings. The SMILES string of the molecule is CCCc1ncc(Cc2coc3ccc(C)cc3c2=O)c2cc(OC)c(OC)cc12.Cl. The molecule has 2 aromatic carbocycles. The van der Waals surface area contributed by atoms with Gasteiger partial charge in [0.15, 0.2) is 16.9 Å². The highest BCUT2D eigenvalue weighted by Crippen LogP contribution is 2.35. The average molecular weight is 440 g/mol. The van der Waals surface area contributed by atoms with Gasteiger partial charge in [0, 0.05) is 29.3 Å². The predicted molar refractivity (Wildman–Crippen MR) is 126 cm³/mol. The first-order chi connectivity index (χ1) is 14.5. The van der Waals surface area contributed by atoms with Crippen molar-refractivity contribution in [2.45, 2.75) is 33.1 Å². The van der Waals surface area contributed by atoms with Gasteiger partial charge in [0.2, 0.25) is 0 Å². The van der Waals surface area contributed by atoms with Crippen LogP contribution < -0.4 is 14.9 Å². The smallest absolute Gasteiger partial charge is 0.196 e. The van der Waals surface area contributed by atoms with Crippen molar-refractivity contribution in [3.05, 3.63) is 75.4 Å². The molecule has 0 saturated heterocycles. The molecule has 6 heteroatoms. The predicted octanol–water partition coefficient (Wildman–Crippen LogP) is 5.63. The normalized spacial score (nSPS) is 10.8. The number of methoxy groups -OCH3 is 2. The van der Waals surface area contributed by atoms with E-state index in [-0.39, 0.29) is 17.8 Å². The van der Waals surface area contributed by atoms with Crippen LogP contribution in [-0.2, 0) is 12.8 Å². The lowest BCUT2D eigenvalue weighted by atomic mass is 9.97. The molecule has 4 rings (SSSR count). The zero-order chi connectivity index (χ0) is 21.3. The van der Waals surface area contributed by atoms with Crippen molar-refractivity contribution in [2.75, 3.05) is 14.2 Å². The summed E-state index contributed by atoms with van der Waals surface area (Å²) < 4.78 is 16.8. The molecule has 0 radical (unpaired) electrons. The van der Waals surface area contributed by atoms with Crippen LogP contribution >= 0.6 is 12.4 Å². The Labute approximate surface area is 187 Å². The Bertz CT molecular complexity index is 1300. The van der Waals surface area contributed by atoms with E-state index in [0.717, 1.165) is 40.4 Å². The van der Waals surface area contributed by atoms with Crippen LogP contribution in [0.2, 0.25) is 0 Å². The van der Waals surface area contributed by atoms with Crippen LogP contribution in [0, 0.1) is 6.92 Å². The lowest BCUT2D eigenvalue weighted by Crippen LogP contribution is -2.10. The number of benzene rings is 2. The van der Waals surface area contributed by atoms with Crippen molar-refractivity contribution in [1.82, 2.24) is 4.98 Å². The van der Waals surface area contributed by atoms with E-state index in [1.807, 2.05) is 43.5 Å².